The number of hydrogen-bond acceptors (Lipinski definition) is 4. The third-order valence-corrected chi connectivity index (χ3v) is 5.12. The van der Waals surface area contributed by atoms with Crippen LogP contribution >= 0.6 is 24.0 Å². The van der Waals surface area contributed by atoms with Crippen molar-refractivity contribution in [3.05, 3.63) is 76.9 Å². The highest BCUT2D eigenvalue weighted by Gasteiger charge is 2.07. The van der Waals surface area contributed by atoms with Crippen LogP contribution in [-0.2, 0) is 33.1 Å². The molecule has 0 aliphatic carbocycles. The summed E-state index contributed by atoms with van der Waals surface area (Å²) in [6, 6.07) is 16.4. The highest BCUT2D eigenvalue weighted by molar-refractivity contribution is 14.0. The molecule has 0 saturated heterocycles. The van der Waals surface area contributed by atoms with E-state index in [1.807, 2.05) is 42.8 Å². The van der Waals surface area contributed by atoms with Crippen LogP contribution in [-0.4, -0.2) is 27.8 Å². The lowest BCUT2D eigenvalue weighted by Gasteiger charge is -2.14. The zero-order chi connectivity index (χ0) is 21.3. The monoisotopic (exact) mass is 534 g/mol. The normalized spacial score (nSPS) is 11.0. The van der Waals surface area contributed by atoms with Crippen molar-refractivity contribution >= 4 is 29.9 Å². The van der Waals surface area contributed by atoms with Gasteiger partial charge in [0.2, 0.25) is 0 Å². The van der Waals surface area contributed by atoms with Gasteiger partial charge in [-0.2, -0.15) is 0 Å². The highest BCUT2D eigenvalue weighted by Crippen LogP contribution is 2.12. The number of aromatic nitrogens is 3. The number of nitrogens with one attached hydrogen (secondary N) is 2. The molecular formula is C23H31IN6O. The quantitative estimate of drug-likeness (QED) is 0.262. The molecule has 0 amide bonds. The second kappa shape index (κ2) is 12.3. The van der Waals surface area contributed by atoms with E-state index in [4.69, 9.17) is 9.73 Å². The van der Waals surface area contributed by atoms with E-state index in [1.165, 1.54) is 11.1 Å². The first kappa shape index (κ1) is 24.6. The topological polar surface area (TPSA) is 76.4 Å². The summed E-state index contributed by atoms with van der Waals surface area (Å²) in [4.78, 5) is 4.77. The molecule has 166 valence electrons. The Morgan fingerprint density at radius 3 is 2.29 bits per heavy atom. The second-order valence-electron chi connectivity index (χ2n) is 7.06. The maximum atomic E-state index is 5.23. The summed E-state index contributed by atoms with van der Waals surface area (Å²) in [5.74, 6) is 3.32. The minimum absolute atomic E-state index is 0. The van der Waals surface area contributed by atoms with Crippen molar-refractivity contribution in [3.8, 4) is 5.75 Å². The summed E-state index contributed by atoms with van der Waals surface area (Å²) in [5.41, 5.74) is 3.72. The van der Waals surface area contributed by atoms with Crippen LogP contribution in [0.5, 0.6) is 5.75 Å². The van der Waals surface area contributed by atoms with Gasteiger partial charge in [0.25, 0.3) is 0 Å². The summed E-state index contributed by atoms with van der Waals surface area (Å²) in [6.07, 6.45) is 1.00. The van der Waals surface area contributed by atoms with Gasteiger partial charge in [0, 0.05) is 13.6 Å². The largest absolute Gasteiger partial charge is 0.497 e. The Morgan fingerprint density at radius 2 is 1.68 bits per heavy atom. The Morgan fingerprint density at radius 1 is 1.00 bits per heavy atom. The van der Waals surface area contributed by atoms with Crippen molar-refractivity contribution in [2.75, 3.05) is 7.11 Å². The van der Waals surface area contributed by atoms with E-state index in [0.717, 1.165) is 35.3 Å². The lowest BCUT2D eigenvalue weighted by atomic mass is 10.1. The molecule has 0 aliphatic rings. The van der Waals surface area contributed by atoms with Gasteiger partial charge < -0.3 is 19.9 Å². The molecule has 8 heteroatoms. The zero-order valence-electron chi connectivity index (χ0n) is 18.6. The maximum Gasteiger partial charge on any atom is 0.192 e. The molecule has 2 aromatic carbocycles. The van der Waals surface area contributed by atoms with Crippen molar-refractivity contribution < 1.29 is 4.74 Å². The fourth-order valence-corrected chi connectivity index (χ4v) is 3.10. The van der Waals surface area contributed by atoms with Gasteiger partial charge in [-0.25, -0.2) is 4.99 Å². The van der Waals surface area contributed by atoms with Crippen LogP contribution in [0.4, 0.5) is 0 Å². The molecule has 0 atom stereocenters. The van der Waals surface area contributed by atoms with Gasteiger partial charge in [0.05, 0.1) is 20.2 Å². The molecule has 0 bridgehead atoms. The van der Waals surface area contributed by atoms with Crippen LogP contribution in [0.15, 0.2) is 53.5 Å². The number of aryl methyl sites for hydroxylation is 2. The van der Waals surface area contributed by atoms with E-state index in [2.05, 4.69) is 52.0 Å². The minimum atomic E-state index is 0. The number of nitrogens with zero attached hydrogens (tertiary/aromatic N) is 4. The molecule has 31 heavy (non-hydrogen) atoms. The first-order chi connectivity index (χ1) is 14.6. The molecule has 0 unspecified atom stereocenters. The van der Waals surface area contributed by atoms with E-state index >= 15 is 0 Å². The van der Waals surface area contributed by atoms with E-state index in [9.17, 15) is 0 Å². The smallest absolute Gasteiger partial charge is 0.192 e. The summed E-state index contributed by atoms with van der Waals surface area (Å²) < 4.78 is 7.20. The van der Waals surface area contributed by atoms with Crippen molar-refractivity contribution in [1.29, 1.82) is 0 Å². The SMILES string of the molecule is CCc1ccccc1CNC(=NCc1ccc(OC)cc1)NCc1nnc(C)n1C.I. The summed E-state index contributed by atoms with van der Waals surface area (Å²) in [7, 11) is 3.63. The van der Waals surface area contributed by atoms with Gasteiger partial charge in [-0.05, 0) is 42.2 Å². The number of methoxy groups -OCH3 is 1. The van der Waals surface area contributed by atoms with Crippen molar-refractivity contribution in [2.45, 2.75) is 39.9 Å². The zero-order valence-corrected chi connectivity index (χ0v) is 20.9. The fourth-order valence-electron chi connectivity index (χ4n) is 3.10. The Bertz CT molecular complexity index is 984. The van der Waals surface area contributed by atoms with Crippen LogP contribution in [0.1, 0.15) is 35.3 Å². The van der Waals surface area contributed by atoms with Gasteiger partial charge in [-0.1, -0.05) is 43.3 Å². The number of aliphatic imine (C=N–C) groups is 1. The first-order valence-corrected chi connectivity index (χ1v) is 10.2. The van der Waals surface area contributed by atoms with Crippen LogP contribution in [0.25, 0.3) is 0 Å². The van der Waals surface area contributed by atoms with Crippen LogP contribution in [0.2, 0.25) is 0 Å². The third kappa shape index (κ3) is 6.95. The highest BCUT2D eigenvalue weighted by atomic mass is 127. The van der Waals surface area contributed by atoms with Gasteiger partial charge >= 0.3 is 0 Å². The Labute approximate surface area is 201 Å². The number of ether oxygens (including phenoxy) is 1. The minimum Gasteiger partial charge on any atom is -0.497 e. The van der Waals surface area contributed by atoms with Crippen LogP contribution in [0, 0.1) is 6.92 Å². The molecule has 0 spiro atoms. The van der Waals surface area contributed by atoms with E-state index < -0.39 is 0 Å². The predicted octanol–water partition coefficient (Wildman–Crippen LogP) is 3.75. The summed E-state index contributed by atoms with van der Waals surface area (Å²) in [6.45, 7) is 5.92. The van der Waals surface area contributed by atoms with Crippen molar-refractivity contribution in [2.24, 2.45) is 12.0 Å². The molecular weight excluding hydrogens is 503 g/mol. The number of hydrogen-bond donors (Lipinski definition) is 2. The summed E-state index contributed by atoms with van der Waals surface area (Å²) in [5, 5.41) is 15.2. The second-order valence-corrected chi connectivity index (χ2v) is 7.06. The number of rotatable bonds is 8. The standard InChI is InChI=1S/C23H30N6O.HI/c1-5-19-8-6-7-9-20(19)15-25-23(26-16-22-28-27-17(2)29(22)3)24-14-18-10-12-21(30-4)13-11-18;/h6-13H,5,14-16H2,1-4H3,(H2,24,25,26);1H. The number of guanidine groups is 1. The maximum absolute atomic E-state index is 5.23. The molecule has 3 aromatic rings. The lowest BCUT2D eigenvalue weighted by molar-refractivity contribution is 0.414. The number of halogens is 1. The molecule has 2 N–H and O–H groups in total. The molecule has 0 saturated carbocycles. The average Bonchev–Trinajstić information content (AvgIpc) is 3.11. The van der Waals surface area contributed by atoms with E-state index in [-0.39, 0.29) is 24.0 Å². The molecule has 7 nitrogen and oxygen atoms in total. The molecule has 0 radical (unpaired) electrons. The lowest BCUT2D eigenvalue weighted by Crippen LogP contribution is -2.37. The van der Waals surface area contributed by atoms with Crippen LogP contribution < -0.4 is 15.4 Å². The summed E-state index contributed by atoms with van der Waals surface area (Å²) >= 11 is 0. The Hall–Kier alpha value is -2.62. The Balaban J connectivity index is 0.00000341. The first-order valence-electron chi connectivity index (χ1n) is 10.2. The molecule has 3 rings (SSSR count). The predicted molar refractivity (Wildman–Crippen MR) is 135 cm³/mol. The van der Waals surface area contributed by atoms with Gasteiger partial charge in [0.15, 0.2) is 11.8 Å². The van der Waals surface area contributed by atoms with Crippen LogP contribution in [0.3, 0.4) is 0 Å². The van der Waals surface area contributed by atoms with Crippen molar-refractivity contribution in [1.82, 2.24) is 25.4 Å². The van der Waals surface area contributed by atoms with E-state index in [1.54, 1.807) is 7.11 Å². The average molecular weight is 534 g/mol. The third-order valence-electron chi connectivity index (χ3n) is 5.12. The van der Waals surface area contributed by atoms with Crippen molar-refractivity contribution in [3.63, 3.8) is 0 Å². The molecule has 1 heterocycles. The molecule has 0 fully saturated rings. The Kier molecular flexibility index (Phi) is 9.77. The molecule has 0 aliphatic heterocycles. The number of benzene rings is 2. The van der Waals surface area contributed by atoms with Gasteiger partial charge in [0.1, 0.15) is 11.6 Å². The van der Waals surface area contributed by atoms with Gasteiger partial charge in [-0.3, -0.25) is 0 Å². The molecule has 1 aromatic heterocycles. The fraction of sp³-hybridized carbons (Fsp3) is 0.348. The van der Waals surface area contributed by atoms with Gasteiger partial charge in [-0.15, -0.1) is 34.2 Å². The van der Waals surface area contributed by atoms with E-state index in [0.29, 0.717) is 19.6 Å².